The van der Waals surface area contributed by atoms with Crippen molar-refractivity contribution in [2.24, 2.45) is 0 Å². The average molecular weight is 448 g/mol. The molecular formula is C25H29N5O3. The van der Waals surface area contributed by atoms with Crippen LogP contribution in [-0.4, -0.2) is 44.8 Å². The molecule has 1 atom stereocenters. The highest BCUT2D eigenvalue weighted by Crippen LogP contribution is 2.36. The van der Waals surface area contributed by atoms with Crippen LogP contribution in [0.15, 0.2) is 53.3 Å². The second-order valence-corrected chi connectivity index (χ2v) is 8.95. The zero-order valence-corrected chi connectivity index (χ0v) is 19.4. The number of amides is 2. The Labute approximate surface area is 192 Å². The average Bonchev–Trinajstić information content (AvgIpc) is 2.78. The zero-order chi connectivity index (χ0) is 23.8. The van der Waals surface area contributed by atoms with Crippen LogP contribution in [0.25, 0.3) is 10.9 Å². The van der Waals surface area contributed by atoms with Gasteiger partial charge in [-0.3, -0.25) is 24.2 Å². The first-order valence-electron chi connectivity index (χ1n) is 11.2. The number of carbonyl (C=O) groups is 2. The summed E-state index contributed by atoms with van der Waals surface area (Å²) in [5, 5.41) is 3.42. The number of H-pyrrole nitrogens is 1. The molecule has 2 aromatic carbocycles. The van der Waals surface area contributed by atoms with Gasteiger partial charge in [-0.15, -0.1) is 0 Å². The lowest BCUT2D eigenvalue weighted by atomic mass is 9.96. The van der Waals surface area contributed by atoms with Gasteiger partial charge in [-0.2, -0.15) is 0 Å². The molecule has 172 valence electrons. The Hall–Kier alpha value is -3.52. The molecule has 33 heavy (non-hydrogen) atoms. The molecule has 0 saturated heterocycles. The van der Waals surface area contributed by atoms with Crippen molar-refractivity contribution < 1.29 is 9.59 Å². The fourth-order valence-electron chi connectivity index (χ4n) is 4.17. The van der Waals surface area contributed by atoms with E-state index in [4.69, 9.17) is 0 Å². The van der Waals surface area contributed by atoms with E-state index in [1.54, 1.807) is 43.0 Å². The van der Waals surface area contributed by atoms with Crippen molar-refractivity contribution in [3.05, 3.63) is 64.7 Å². The summed E-state index contributed by atoms with van der Waals surface area (Å²) in [6, 6.07) is 14.6. The van der Waals surface area contributed by atoms with E-state index in [1.807, 2.05) is 43.0 Å². The quantitative estimate of drug-likeness (QED) is 0.604. The van der Waals surface area contributed by atoms with Gasteiger partial charge in [0, 0.05) is 6.04 Å². The predicted octanol–water partition coefficient (Wildman–Crippen LogP) is 3.29. The van der Waals surface area contributed by atoms with E-state index in [0.717, 1.165) is 6.42 Å². The highest BCUT2D eigenvalue weighted by Gasteiger charge is 2.43. The molecule has 0 radical (unpaired) electrons. The van der Waals surface area contributed by atoms with Gasteiger partial charge in [0.15, 0.2) is 0 Å². The van der Waals surface area contributed by atoms with Crippen LogP contribution in [0.3, 0.4) is 0 Å². The molecule has 1 aliphatic heterocycles. The Kier molecular flexibility index (Phi) is 6.03. The number of rotatable bonds is 6. The van der Waals surface area contributed by atoms with Crippen molar-refractivity contribution in [1.82, 2.24) is 14.9 Å². The van der Waals surface area contributed by atoms with Gasteiger partial charge in [0.2, 0.25) is 11.8 Å². The molecule has 2 heterocycles. The van der Waals surface area contributed by atoms with E-state index in [2.05, 4.69) is 15.3 Å². The number of hydrogen-bond donors (Lipinski definition) is 2. The second-order valence-electron chi connectivity index (χ2n) is 8.95. The summed E-state index contributed by atoms with van der Waals surface area (Å²) in [6.45, 7) is 7.96. The smallest absolute Gasteiger partial charge is 0.258 e. The third-order valence-corrected chi connectivity index (χ3v) is 6.32. The molecule has 2 amide bonds. The summed E-state index contributed by atoms with van der Waals surface area (Å²) in [5.41, 5.74) is 0.671. The van der Waals surface area contributed by atoms with E-state index >= 15 is 0 Å². The Balaban J connectivity index is 1.65. The number of benzene rings is 2. The molecule has 0 saturated carbocycles. The van der Waals surface area contributed by atoms with Gasteiger partial charge in [-0.25, -0.2) is 4.98 Å². The molecule has 8 heteroatoms. The topological polar surface area (TPSA) is 98.4 Å². The van der Waals surface area contributed by atoms with Gasteiger partial charge < -0.3 is 10.3 Å². The van der Waals surface area contributed by atoms with Gasteiger partial charge in [-0.05, 0) is 51.5 Å². The highest BCUT2D eigenvalue weighted by atomic mass is 16.2. The summed E-state index contributed by atoms with van der Waals surface area (Å²) in [6.07, 6.45) is 0.811. The molecule has 3 aromatic rings. The van der Waals surface area contributed by atoms with Gasteiger partial charge in [0.05, 0.1) is 35.4 Å². The van der Waals surface area contributed by atoms with Crippen LogP contribution >= 0.6 is 0 Å². The molecular weight excluding hydrogens is 418 g/mol. The number of anilines is 2. The monoisotopic (exact) mass is 447 g/mol. The van der Waals surface area contributed by atoms with Crippen LogP contribution in [-0.2, 0) is 16.1 Å². The van der Waals surface area contributed by atoms with Crippen LogP contribution < -0.4 is 15.8 Å². The van der Waals surface area contributed by atoms with E-state index in [0.29, 0.717) is 34.6 Å². The van der Waals surface area contributed by atoms with E-state index < -0.39 is 5.54 Å². The van der Waals surface area contributed by atoms with E-state index in [1.165, 1.54) is 0 Å². The summed E-state index contributed by atoms with van der Waals surface area (Å²) >= 11 is 0. The van der Waals surface area contributed by atoms with Gasteiger partial charge in [-0.1, -0.05) is 31.2 Å². The van der Waals surface area contributed by atoms with Crippen LogP contribution in [0.1, 0.15) is 39.9 Å². The zero-order valence-electron chi connectivity index (χ0n) is 19.4. The third kappa shape index (κ3) is 4.26. The number of para-hydroxylation sites is 3. The molecule has 0 bridgehead atoms. The number of aromatic nitrogens is 2. The molecule has 2 N–H and O–H groups in total. The summed E-state index contributed by atoms with van der Waals surface area (Å²) in [4.78, 5) is 49.9. The van der Waals surface area contributed by atoms with Crippen LogP contribution in [0.5, 0.6) is 0 Å². The van der Waals surface area contributed by atoms with Crippen LogP contribution in [0, 0.1) is 0 Å². The molecule has 0 spiro atoms. The lowest BCUT2D eigenvalue weighted by molar-refractivity contribution is -0.127. The fourth-order valence-corrected chi connectivity index (χ4v) is 4.17. The molecule has 8 nitrogen and oxygen atoms in total. The lowest BCUT2D eigenvalue weighted by Gasteiger charge is -2.43. The standard InChI is InChI=1S/C25H29N5O3/c1-5-16(2)29(14-21-26-18-11-7-6-10-17(18)23(32)28-21)15-22(31)30-20-13-9-8-12-19(20)27-24(33)25(30,3)4/h6-13,16H,5,14-15H2,1-4H3,(H,27,33)(H,26,28,32). The molecule has 1 aromatic heterocycles. The van der Waals surface area contributed by atoms with Crippen molar-refractivity contribution in [3.8, 4) is 0 Å². The van der Waals surface area contributed by atoms with E-state index in [9.17, 15) is 14.4 Å². The first-order chi connectivity index (χ1) is 15.7. The van der Waals surface area contributed by atoms with Gasteiger partial charge >= 0.3 is 0 Å². The fraction of sp³-hybridized carbons (Fsp3) is 0.360. The minimum absolute atomic E-state index is 0.0581. The van der Waals surface area contributed by atoms with Crippen LogP contribution in [0.2, 0.25) is 0 Å². The summed E-state index contributed by atoms with van der Waals surface area (Å²) in [7, 11) is 0. The Morgan fingerprint density at radius 3 is 2.58 bits per heavy atom. The lowest BCUT2D eigenvalue weighted by Crippen LogP contribution is -2.60. The normalized spacial score (nSPS) is 15.9. The highest BCUT2D eigenvalue weighted by molar-refractivity contribution is 6.14. The summed E-state index contributed by atoms with van der Waals surface area (Å²) in [5.74, 6) is 0.0822. The Bertz CT molecular complexity index is 1270. The Morgan fingerprint density at radius 1 is 1.12 bits per heavy atom. The van der Waals surface area contributed by atoms with Crippen molar-refractivity contribution in [3.63, 3.8) is 0 Å². The van der Waals surface area contributed by atoms with Crippen molar-refractivity contribution in [1.29, 1.82) is 0 Å². The van der Waals surface area contributed by atoms with E-state index in [-0.39, 0.29) is 30.0 Å². The van der Waals surface area contributed by atoms with Crippen molar-refractivity contribution in [2.75, 3.05) is 16.8 Å². The van der Waals surface area contributed by atoms with Crippen molar-refractivity contribution >= 4 is 34.1 Å². The molecule has 4 rings (SSSR count). The SMILES string of the molecule is CCC(C)N(CC(=O)N1c2ccccc2NC(=O)C1(C)C)Cc1nc2ccccc2c(=O)[nH]1. The van der Waals surface area contributed by atoms with Crippen molar-refractivity contribution in [2.45, 2.75) is 52.2 Å². The molecule has 0 aliphatic carbocycles. The third-order valence-electron chi connectivity index (χ3n) is 6.32. The maximum absolute atomic E-state index is 13.6. The summed E-state index contributed by atoms with van der Waals surface area (Å²) < 4.78 is 0. The predicted molar refractivity (Wildman–Crippen MR) is 129 cm³/mol. The number of nitrogens with one attached hydrogen (secondary N) is 2. The maximum atomic E-state index is 13.6. The largest absolute Gasteiger partial charge is 0.322 e. The number of carbonyl (C=O) groups excluding carboxylic acids is 2. The van der Waals surface area contributed by atoms with Gasteiger partial charge in [0.1, 0.15) is 11.4 Å². The number of hydrogen-bond acceptors (Lipinski definition) is 5. The first kappa shape index (κ1) is 22.7. The number of aromatic amines is 1. The molecule has 1 aliphatic rings. The first-order valence-corrected chi connectivity index (χ1v) is 11.2. The number of nitrogens with zero attached hydrogens (tertiary/aromatic N) is 3. The molecule has 0 fully saturated rings. The second kappa shape index (κ2) is 8.78. The maximum Gasteiger partial charge on any atom is 0.258 e. The minimum Gasteiger partial charge on any atom is -0.322 e. The van der Waals surface area contributed by atoms with Gasteiger partial charge in [0.25, 0.3) is 5.56 Å². The van der Waals surface area contributed by atoms with Crippen LogP contribution in [0.4, 0.5) is 11.4 Å². The Morgan fingerprint density at radius 2 is 1.82 bits per heavy atom. The number of fused-ring (bicyclic) bond motifs is 2. The minimum atomic E-state index is -1.04. The molecule has 1 unspecified atom stereocenters.